The third-order valence-electron chi connectivity index (χ3n) is 3.28. The van der Waals surface area contributed by atoms with Gasteiger partial charge in [0.2, 0.25) is 0 Å². The number of sulfone groups is 2. The van der Waals surface area contributed by atoms with E-state index in [0.717, 1.165) is 11.8 Å². The maximum absolute atomic E-state index is 11.9. The molecule has 0 saturated carbocycles. The fraction of sp³-hybridized carbons (Fsp3) is 0.538. The van der Waals surface area contributed by atoms with Crippen LogP contribution in [0, 0.1) is 0 Å². The van der Waals surface area contributed by atoms with E-state index in [1.54, 1.807) is 12.1 Å². The van der Waals surface area contributed by atoms with E-state index in [-0.39, 0.29) is 22.4 Å². The van der Waals surface area contributed by atoms with Gasteiger partial charge >= 0.3 is 0 Å². The Morgan fingerprint density at radius 3 is 2.20 bits per heavy atom. The van der Waals surface area contributed by atoms with Crippen LogP contribution >= 0.6 is 0 Å². The molecule has 1 saturated heterocycles. The first kappa shape index (κ1) is 15.5. The van der Waals surface area contributed by atoms with Gasteiger partial charge in [-0.05, 0) is 31.5 Å². The topological polar surface area (TPSA) is 80.3 Å². The van der Waals surface area contributed by atoms with Crippen molar-refractivity contribution in [3.63, 3.8) is 0 Å². The van der Waals surface area contributed by atoms with E-state index in [1.807, 2.05) is 13.8 Å². The number of hydrogen-bond donors (Lipinski definition) is 1. The second-order valence-electron chi connectivity index (χ2n) is 5.98. The Morgan fingerprint density at radius 1 is 1.20 bits per heavy atom. The fourth-order valence-corrected chi connectivity index (χ4v) is 5.26. The Morgan fingerprint density at radius 2 is 1.75 bits per heavy atom. The van der Waals surface area contributed by atoms with Crippen molar-refractivity contribution in [2.45, 2.75) is 30.3 Å². The lowest BCUT2D eigenvalue weighted by molar-refractivity contribution is 0.359. The fourth-order valence-electron chi connectivity index (χ4n) is 2.54. The molecule has 0 amide bonds. The van der Waals surface area contributed by atoms with Crippen molar-refractivity contribution in [3.8, 4) is 0 Å². The van der Waals surface area contributed by atoms with E-state index < -0.39 is 25.2 Å². The average molecular weight is 317 g/mol. The molecule has 1 fully saturated rings. The van der Waals surface area contributed by atoms with E-state index in [1.165, 1.54) is 12.1 Å². The Labute approximate surface area is 120 Å². The zero-order chi connectivity index (χ0) is 15.2. The van der Waals surface area contributed by atoms with Crippen molar-refractivity contribution in [2.75, 3.05) is 17.8 Å². The van der Waals surface area contributed by atoms with Gasteiger partial charge < -0.3 is 5.32 Å². The van der Waals surface area contributed by atoms with E-state index in [0.29, 0.717) is 0 Å². The van der Waals surface area contributed by atoms with Crippen molar-refractivity contribution < 1.29 is 16.8 Å². The molecule has 1 aliphatic heterocycles. The van der Waals surface area contributed by atoms with Crippen molar-refractivity contribution in [3.05, 3.63) is 29.8 Å². The molecule has 5 nitrogen and oxygen atoms in total. The van der Waals surface area contributed by atoms with Crippen molar-refractivity contribution >= 4 is 19.7 Å². The van der Waals surface area contributed by atoms with Gasteiger partial charge in [-0.2, -0.15) is 0 Å². The number of benzene rings is 1. The predicted molar refractivity (Wildman–Crippen MR) is 78.2 cm³/mol. The highest BCUT2D eigenvalue weighted by Gasteiger charge is 2.36. The molecule has 1 atom stereocenters. The van der Waals surface area contributed by atoms with Crippen molar-refractivity contribution in [1.29, 1.82) is 0 Å². The predicted octanol–water partition coefficient (Wildman–Crippen LogP) is 0.928. The van der Waals surface area contributed by atoms with Gasteiger partial charge in [-0.15, -0.1) is 0 Å². The normalized spacial score (nSPS) is 25.2. The van der Waals surface area contributed by atoms with Crippen LogP contribution in [0.1, 0.15) is 25.5 Å². The van der Waals surface area contributed by atoms with Crippen molar-refractivity contribution in [2.24, 2.45) is 0 Å². The Balaban J connectivity index is 2.32. The smallest absolute Gasteiger partial charge is 0.175 e. The molecular weight excluding hydrogens is 298 g/mol. The van der Waals surface area contributed by atoms with E-state index in [2.05, 4.69) is 5.32 Å². The van der Waals surface area contributed by atoms with Gasteiger partial charge in [-0.1, -0.05) is 12.1 Å². The first-order chi connectivity index (χ1) is 8.99. The summed E-state index contributed by atoms with van der Waals surface area (Å²) in [6.45, 7) is 3.70. The van der Waals surface area contributed by atoms with Gasteiger partial charge in [-0.25, -0.2) is 16.8 Å². The minimum absolute atomic E-state index is 0.0364. The molecule has 1 unspecified atom stereocenters. The van der Waals surface area contributed by atoms with Crippen LogP contribution in [0.5, 0.6) is 0 Å². The average Bonchev–Trinajstić information content (AvgIpc) is 2.24. The molecule has 0 spiro atoms. The highest BCUT2D eigenvalue weighted by molar-refractivity contribution is 7.91. The molecule has 0 radical (unpaired) electrons. The lowest BCUT2D eigenvalue weighted by Crippen LogP contribution is -2.54. The lowest BCUT2D eigenvalue weighted by atomic mass is 10.0. The third kappa shape index (κ3) is 3.59. The second-order valence-corrected chi connectivity index (χ2v) is 10.1. The quantitative estimate of drug-likeness (QED) is 0.877. The minimum atomic E-state index is -3.23. The van der Waals surface area contributed by atoms with Crippen LogP contribution < -0.4 is 5.32 Å². The molecule has 1 heterocycles. The molecular formula is C13H19NO4S2. The standard InChI is InChI=1S/C13H19NO4S2/c1-13(2)9-20(17,18)8-12(14-13)10-4-6-11(7-5-10)19(3,15)16/h4-7,12,14H,8-9H2,1-3H3. The molecule has 1 aromatic carbocycles. The van der Waals surface area contributed by atoms with Gasteiger partial charge in [-0.3, -0.25) is 0 Å². The molecule has 0 aromatic heterocycles. The molecule has 2 rings (SSSR count). The summed E-state index contributed by atoms with van der Waals surface area (Å²) in [5.41, 5.74) is 0.297. The second kappa shape index (κ2) is 4.82. The Kier molecular flexibility index (Phi) is 3.73. The van der Waals surface area contributed by atoms with Gasteiger partial charge in [0.25, 0.3) is 0 Å². The minimum Gasteiger partial charge on any atom is -0.303 e. The molecule has 1 aliphatic rings. The van der Waals surface area contributed by atoms with Crippen LogP contribution in [0.15, 0.2) is 29.2 Å². The highest BCUT2D eigenvalue weighted by Crippen LogP contribution is 2.26. The summed E-state index contributed by atoms with van der Waals surface area (Å²) >= 11 is 0. The van der Waals surface area contributed by atoms with Crippen LogP contribution in [0.25, 0.3) is 0 Å². The zero-order valence-electron chi connectivity index (χ0n) is 11.8. The summed E-state index contributed by atoms with van der Waals surface area (Å²) in [6, 6.07) is 6.06. The lowest BCUT2D eigenvalue weighted by Gasteiger charge is -2.37. The molecule has 1 N–H and O–H groups in total. The van der Waals surface area contributed by atoms with Crippen LogP contribution in [0.2, 0.25) is 0 Å². The summed E-state index contributed by atoms with van der Waals surface area (Å²) in [5, 5.41) is 3.29. The van der Waals surface area contributed by atoms with E-state index in [9.17, 15) is 16.8 Å². The van der Waals surface area contributed by atoms with Gasteiger partial charge in [0.15, 0.2) is 19.7 Å². The van der Waals surface area contributed by atoms with Crippen LogP contribution in [-0.4, -0.2) is 40.1 Å². The van der Waals surface area contributed by atoms with Crippen LogP contribution in [-0.2, 0) is 19.7 Å². The first-order valence-electron chi connectivity index (χ1n) is 6.27. The molecule has 20 heavy (non-hydrogen) atoms. The van der Waals surface area contributed by atoms with Gasteiger partial charge in [0.05, 0.1) is 16.4 Å². The molecule has 112 valence electrons. The summed E-state index contributed by atoms with van der Waals surface area (Å²) in [6.07, 6.45) is 1.15. The summed E-state index contributed by atoms with van der Waals surface area (Å²) in [5.74, 6) is 0.145. The van der Waals surface area contributed by atoms with E-state index >= 15 is 0 Å². The van der Waals surface area contributed by atoms with E-state index in [4.69, 9.17) is 0 Å². The summed E-state index contributed by atoms with van der Waals surface area (Å²) in [7, 11) is -6.34. The summed E-state index contributed by atoms with van der Waals surface area (Å²) in [4.78, 5) is 0.235. The van der Waals surface area contributed by atoms with Crippen molar-refractivity contribution in [1.82, 2.24) is 5.32 Å². The number of hydrogen-bond acceptors (Lipinski definition) is 5. The van der Waals surface area contributed by atoms with Gasteiger partial charge in [0, 0.05) is 17.8 Å². The highest BCUT2D eigenvalue weighted by atomic mass is 32.2. The monoisotopic (exact) mass is 317 g/mol. The van der Waals surface area contributed by atoms with Crippen LogP contribution in [0.4, 0.5) is 0 Å². The summed E-state index contributed by atoms with van der Waals surface area (Å²) < 4.78 is 46.7. The molecule has 7 heteroatoms. The largest absolute Gasteiger partial charge is 0.303 e. The molecule has 0 bridgehead atoms. The number of nitrogens with one attached hydrogen (secondary N) is 1. The Hall–Kier alpha value is -0.920. The maximum atomic E-state index is 11.9. The Bertz CT molecular complexity index is 703. The first-order valence-corrected chi connectivity index (χ1v) is 9.98. The number of rotatable bonds is 2. The SMILES string of the molecule is CC1(C)CS(=O)(=O)CC(c2ccc(S(C)(=O)=O)cc2)N1. The van der Waals surface area contributed by atoms with Crippen LogP contribution in [0.3, 0.4) is 0 Å². The van der Waals surface area contributed by atoms with Gasteiger partial charge in [0.1, 0.15) is 0 Å². The maximum Gasteiger partial charge on any atom is 0.175 e. The zero-order valence-corrected chi connectivity index (χ0v) is 13.4. The molecule has 1 aromatic rings. The molecule has 0 aliphatic carbocycles. The third-order valence-corrected chi connectivity index (χ3v) is 6.41.